The standard InChI is InChI=1S/C18H35B/c19-18-15-11-7-3-6-10-14-17(18)16-12-8-4-1-2-5-9-13-16/h16-18H,1-15,19H2. The van der Waals surface area contributed by atoms with Crippen LogP contribution in [0.25, 0.3) is 0 Å². The first kappa shape index (κ1) is 15.5. The van der Waals surface area contributed by atoms with E-state index in [1.165, 1.54) is 77.0 Å². The Morgan fingerprint density at radius 3 is 1.47 bits per heavy atom. The molecule has 2 unspecified atom stereocenters. The van der Waals surface area contributed by atoms with Gasteiger partial charge in [0.05, 0.1) is 0 Å². The summed E-state index contributed by atoms with van der Waals surface area (Å²) in [6.07, 6.45) is 22.8. The van der Waals surface area contributed by atoms with Gasteiger partial charge in [0.2, 0.25) is 0 Å². The fraction of sp³-hybridized carbons (Fsp3) is 1.00. The average Bonchev–Trinajstić information content (AvgIpc) is 2.60. The van der Waals surface area contributed by atoms with Gasteiger partial charge in [-0.1, -0.05) is 102 Å². The van der Waals surface area contributed by atoms with Crippen LogP contribution in [0.5, 0.6) is 0 Å². The molecule has 0 spiro atoms. The number of hydrogen-bond donors (Lipinski definition) is 0. The minimum Gasteiger partial charge on any atom is -0.0667 e. The maximum absolute atomic E-state index is 2.57. The summed E-state index contributed by atoms with van der Waals surface area (Å²) in [7, 11) is 2.57. The zero-order chi connectivity index (χ0) is 13.3. The smallest absolute Gasteiger partial charge is 0.0667 e. The molecule has 2 aliphatic rings. The van der Waals surface area contributed by atoms with E-state index < -0.39 is 0 Å². The Morgan fingerprint density at radius 1 is 0.474 bits per heavy atom. The van der Waals surface area contributed by atoms with Crippen molar-refractivity contribution in [3.8, 4) is 0 Å². The molecule has 1 heteroatoms. The maximum atomic E-state index is 2.57. The highest BCUT2D eigenvalue weighted by molar-refractivity contribution is 6.11. The predicted molar refractivity (Wildman–Crippen MR) is 88.5 cm³/mol. The van der Waals surface area contributed by atoms with E-state index in [1.54, 1.807) is 19.3 Å². The first-order chi connectivity index (χ1) is 9.38. The van der Waals surface area contributed by atoms with Gasteiger partial charge in [0.15, 0.2) is 0 Å². The van der Waals surface area contributed by atoms with Crippen molar-refractivity contribution in [2.24, 2.45) is 11.8 Å². The fourth-order valence-electron chi connectivity index (χ4n) is 4.67. The maximum Gasteiger partial charge on any atom is 0.105 e. The second-order valence-corrected chi connectivity index (χ2v) is 7.45. The second-order valence-electron chi connectivity index (χ2n) is 7.45. The van der Waals surface area contributed by atoms with E-state index in [1.807, 2.05) is 0 Å². The van der Waals surface area contributed by atoms with Crippen molar-refractivity contribution in [2.75, 3.05) is 0 Å². The summed E-state index contributed by atoms with van der Waals surface area (Å²) in [6, 6.07) is 0. The van der Waals surface area contributed by atoms with Crippen molar-refractivity contribution in [1.82, 2.24) is 0 Å². The van der Waals surface area contributed by atoms with E-state index in [0.717, 1.165) is 17.7 Å². The molecule has 2 fully saturated rings. The van der Waals surface area contributed by atoms with Crippen molar-refractivity contribution in [3.63, 3.8) is 0 Å². The van der Waals surface area contributed by atoms with Crippen LogP contribution in [0.15, 0.2) is 0 Å². The average molecular weight is 262 g/mol. The van der Waals surface area contributed by atoms with Crippen molar-refractivity contribution < 1.29 is 0 Å². The van der Waals surface area contributed by atoms with Gasteiger partial charge in [-0.15, -0.1) is 0 Å². The van der Waals surface area contributed by atoms with Crippen LogP contribution in [0.4, 0.5) is 0 Å². The lowest BCUT2D eigenvalue weighted by molar-refractivity contribution is 0.248. The normalized spacial score (nSPS) is 33.3. The molecule has 0 aliphatic heterocycles. The van der Waals surface area contributed by atoms with E-state index in [-0.39, 0.29) is 0 Å². The lowest BCUT2D eigenvalue weighted by Gasteiger charge is -2.32. The third kappa shape index (κ3) is 5.52. The molecule has 0 saturated heterocycles. The number of hydrogen-bond acceptors (Lipinski definition) is 0. The fourth-order valence-corrected chi connectivity index (χ4v) is 4.67. The molecule has 2 rings (SSSR count). The van der Waals surface area contributed by atoms with Crippen LogP contribution in [0.3, 0.4) is 0 Å². The van der Waals surface area contributed by atoms with Crippen LogP contribution < -0.4 is 0 Å². The molecule has 0 aromatic rings. The van der Waals surface area contributed by atoms with Gasteiger partial charge in [0.25, 0.3) is 0 Å². The first-order valence-corrected chi connectivity index (χ1v) is 9.38. The van der Waals surface area contributed by atoms with Crippen LogP contribution >= 0.6 is 0 Å². The summed E-state index contributed by atoms with van der Waals surface area (Å²) in [6.45, 7) is 0. The van der Waals surface area contributed by atoms with E-state index in [4.69, 9.17) is 0 Å². The summed E-state index contributed by atoms with van der Waals surface area (Å²) in [5.41, 5.74) is 0. The molecular formula is C18H35B. The highest BCUT2D eigenvalue weighted by atomic mass is 14.3. The van der Waals surface area contributed by atoms with E-state index in [2.05, 4.69) is 7.85 Å². The lowest BCUT2D eigenvalue weighted by Crippen LogP contribution is -2.21. The molecule has 0 radical (unpaired) electrons. The van der Waals surface area contributed by atoms with Gasteiger partial charge in [-0.2, -0.15) is 0 Å². The summed E-state index contributed by atoms with van der Waals surface area (Å²) in [5.74, 6) is 3.14. The van der Waals surface area contributed by atoms with Gasteiger partial charge in [0, 0.05) is 0 Å². The Labute approximate surface area is 122 Å². The van der Waals surface area contributed by atoms with Crippen LogP contribution in [-0.2, 0) is 0 Å². The molecule has 19 heavy (non-hydrogen) atoms. The van der Waals surface area contributed by atoms with Crippen LogP contribution in [0.1, 0.15) is 96.3 Å². The molecule has 0 N–H and O–H groups in total. The number of rotatable bonds is 1. The van der Waals surface area contributed by atoms with Gasteiger partial charge in [-0.25, -0.2) is 0 Å². The quantitative estimate of drug-likeness (QED) is 0.546. The first-order valence-electron chi connectivity index (χ1n) is 9.38. The SMILES string of the molecule is BC1CCCCCCCC1C1CCCCCCCC1. The minimum absolute atomic E-state index is 1.00. The molecular weight excluding hydrogens is 227 g/mol. The molecule has 0 aromatic heterocycles. The summed E-state index contributed by atoms with van der Waals surface area (Å²) in [4.78, 5) is 0. The van der Waals surface area contributed by atoms with Crippen molar-refractivity contribution in [2.45, 2.75) is 102 Å². The van der Waals surface area contributed by atoms with Crippen molar-refractivity contribution >= 4 is 7.85 Å². The van der Waals surface area contributed by atoms with Crippen LogP contribution in [-0.4, -0.2) is 7.85 Å². The van der Waals surface area contributed by atoms with Gasteiger partial charge in [0.1, 0.15) is 7.85 Å². The zero-order valence-corrected chi connectivity index (χ0v) is 13.3. The highest BCUT2D eigenvalue weighted by Gasteiger charge is 2.26. The Balaban J connectivity index is 1.92. The van der Waals surface area contributed by atoms with E-state index in [9.17, 15) is 0 Å². The molecule has 0 amide bonds. The van der Waals surface area contributed by atoms with E-state index >= 15 is 0 Å². The molecule has 2 aliphatic carbocycles. The monoisotopic (exact) mass is 262 g/mol. The zero-order valence-electron chi connectivity index (χ0n) is 13.3. The predicted octanol–water partition coefficient (Wildman–Crippen LogP) is 5.52. The van der Waals surface area contributed by atoms with Gasteiger partial charge in [-0.3, -0.25) is 0 Å². The molecule has 0 aromatic carbocycles. The van der Waals surface area contributed by atoms with Gasteiger partial charge < -0.3 is 0 Å². The second kappa shape index (κ2) is 9.08. The largest absolute Gasteiger partial charge is 0.105 e. The molecule has 2 saturated carbocycles. The van der Waals surface area contributed by atoms with Gasteiger partial charge >= 0.3 is 0 Å². The Hall–Kier alpha value is 0.0649. The lowest BCUT2D eigenvalue weighted by atomic mass is 9.65. The van der Waals surface area contributed by atoms with Crippen molar-refractivity contribution in [3.05, 3.63) is 0 Å². The third-order valence-electron chi connectivity index (χ3n) is 5.93. The molecule has 2 atom stereocenters. The Bertz CT molecular complexity index is 216. The third-order valence-corrected chi connectivity index (χ3v) is 5.93. The molecule has 0 heterocycles. The minimum atomic E-state index is 1.00. The van der Waals surface area contributed by atoms with E-state index in [0.29, 0.717) is 0 Å². The highest BCUT2D eigenvalue weighted by Crippen LogP contribution is 2.39. The summed E-state index contributed by atoms with van der Waals surface area (Å²) in [5, 5.41) is 0. The molecule has 110 valence electrons. The van der Waals surface area contributed by atoms with Gasteiger partial charge in [-0.05, 0) is 11.8 Å². The van der Waals surface area contributed by atoms with Crippen LogP contribution in [0.2, 0.25) is 5.82 Å². The molecule has 0 nitrogen and oxygen atoms in total. The topological polar surface area (TPSA) is 0 Å². The van der Waals surface area contributed by atoms with Crippen molar-refractivity contribution in [1.29, 1.82) is 0 Å². The Kier molecular flexibility index (Phi) is 7.39. The van der Waals surface area contributed by atoms with Crippen LogP contribution in [0, 0.1) is 11.8 Å². The summed E-state index contributed by atoms with van der Waals surface area (Å²) < 4.78 is 0. The Morgan fingerprint density at radius 2 is 0.895 bits per heavy atom. The summed E-state index contributed by atoms with van der Waals surface area (Å²) >= 11 is 0. The molecule has 0 bridgehead atoms.